The molecule has 4 nitrogen and oxygen atoms in total. The predicted molar refractivity (Wildman–Crippen MR) is 77.5 cm³/mol. The van der Waals surface area contributed by atoms with Crippen molar-refractivity contribution in [2.75, 3.05) is 11.9 Å². The van der Waals surface area contributed by atoms with Gasteiger partial charge < -0.3 is 4.90 Å². The Morgan fingerprint density at radius 2 is 2.00 bits per heavy atom. The molecule has 20 heavy (non-hydrogen) atoms. The maximum atomic E-state index is 9.11. The molecular formula is C16H12N4. The summed E-state index contributed by atoms with van der Waals surface area (Å²) >= 11 is 0. The molecule has 0 fully saturated rings. The highest BCUT2D eigenvalue weighted by Gasteiger charge is 2.28. The molecular weight excluding hydrogens is 248 g/mol. The first-order valence-electron chi connectivity index (χ1n) is 6.42. The fourth-order valence-corrected chi connectivity index (χ4v) is 2.64. The van der Waals surface area contributed by atoms with Crippen molar-refractivity contribution in [3.8, 4) is 12.1 Å². The van der Waals surface area contributed by atoms with Gasteiger partial charge in [-0.15, -0.1) is 0 Å². The van der Waals surface area contributed by atoms with E-state index >= 15 is 0 Å². The Kier molecular flexibility index (Phi) is 2.85. The van der Waals surface area contributed by atoms with Crippen LogP contribution < -0.4 is 4.90 Å². The molecule has 1 aromatic rings. The molecule has 1 heterocycles. The van der Waals surface area contributed by atoms with Crippen molar-refractivity contribution < 1.29 is 0 Å². The van der Waals surface area contributed by atoms with Crippen LogP contribution in [0.15, 0.2) is 52.2 Å². The third kappa shape index (κ3) is 1.71. The summed E-state index contributed by atoms with van der Waals surface area (Å²) in [4.78, 5) is 6.74. The molecule has 4 heteroatoms. The van der Waals surface area contributed by atoms with Crippen LogP contribution in [-0.2, 0) is 0 Å². The number of para-hydroxylation sites is 2. The molecule has 0 atom stereocenters. The van der Waals surface area contributed by atoms with Crippen LogP contribution in [-0.4, -0.2) is 12.8 Å². The smallest absolute Gasteiger partial charge is 0.135 e. The van der Waals surface area contributed by atoms with Crippen molar-refractivity contribution in [2.24, 2.45) is 4.99 Å². The summed E-state index contributed by atoms with van der Waals surface area (Å²) in [5.74, 6) is 0. The first-order valence-corrected chi connectivity index (χ1v) is 6.42. The number of rotatable bonds is 0. The molecule has 0 aromatic heterocycles. The number of hydrogen-bond acceptors (Lipinski definition) is 4. The second-order valence-corrected chi connectivity index (χ2v) is 4.71. The molecule has 0 radical (unpaired) electrons. The topological polar surface area (TPSA) is 63.2 Å². The zero-order chi connectivity index (χ0) is 14.1. The number of nitriles is 2. The summed E-state index contributed by atoms with van der Waals surface area (Å²) in [6, 6.07) is 11.8. The number of fused-ring (bicyclic) bond motifs is 2. The largest absolute Gasteiger partial charge is 0.341 e. The molecule has 0 saturated carbocycles. The van der Waals surface area contributed by atoms with Gasteiger partial charge in [-0.3, -0.25) is 0 Å². The molecule has 1 aliphatic heterocycles. The van der Waals surface area contributed by atoms with E-state index in [1.54, 1.807) is 0 Å². The Morgan fingerprint density at radius 1 is 1.25 bits per heavy atom. The first kappa shape index (κ1) is 12.2. The van der Waals surface area contributed by atoms with Gasteiger partial charge >= 0.3 is 0 Å². The van der Waals surface area contributed by atoms with Crippen LogP contribution in [0.3, 0.4) is 0 Å². The summed E-state index contributed by atoms with van der Waals surface area (Å²) in [7, 11) is 1.99. The van der Waals surface area contributed by atoms with Crippen LogP contribution in [0.2, 0.25) is 0 Å². The number of aliphatic imine (C=N–C) groups is 1. The summed E-state index contributed by atoms with van der Waals surface area (Å²) in [6.07, 6.45) is 3.63. The van der Waals surface area contributed by atoms with Gasteiger partial charge in [0.25, 0.3) is 0 Å². The van der Waals surface area contributed by atoms with Gasteiger partial charge in [0.15, 0.2) is 0 Å². The highest BCUT2D eigenvalue weighted by atomic mass is 15.2. The Hall–Kier alpha value is -2.85. The lowest BCUT2D eigenvalue weighted by Gasteiger charge is -2.32. The minimum Gasteiger partial charge on any atom is -0.341 e. The fraction of sp³-hybridized carbons (Fsp3) is 0.188. The van der Waals surface area contributed by atoms with E-state index in [1.165, 1.54) is 0 Å². The van der Waals surface area contributed by atoms with Crippen molar-refractivity contribution in [1.29, 1.82) is 10.5 Å². The molecule has 0 spiro atoms. The van der Waals surface area contributed by atoms with Gasteiger partial charge in [-0.25, -0.2) is 4.99 Å². The Bertz CT molecular complexity index is 737. The van der Waals surface area contributed by atoms with E-state index in [2.05, 4.69) is 16.0 Å². The maximum Gasteiger partial charge on any atom is 0.135 e. The lowest BCUT2D eigenvalue weighted by Crippen LogP contribution is -2.29. The number of nitrogens with zero attached hydrogens (tertiary/aromatic N) is 4. The summed E-state index contributed by atoms with van der Waals surface area (Å²) in [6.45, 7) is 0. The summed E-state index contributed by atoms with van der Waals surface area (Å²) < 4.78 is 0. The van der Waals surface area contributed by atoms with E-state index in [-0.39, 0.29) is 5.57 Å². The predicted octanol–water partition coefficient (Wildman–Crippen LogP) is 3.23. The second kappa shape index (κ2) is 4.68. The van der Waals surface area contributed by atoms with E-state index in [1.807, 2.05) is 43.5 Å². The van der Waals surface area contributed by atoms with Crippen molar-refractivity contribution in [3.05, 3.63) is 47.2 Å². The fourth-order valence-electron chi connectivity index (χ4n) is 2.64. The lowest BCUT2D eigenvalue weighted by molar-refractivity contribution is 0.954. The zero-order valence-corrected chi connectivity index (χ0v) is 11.1. The van der Waals surface area contributed by atoms with Gasteiger partial charge in [0, 0.05) is 12.6 Å². The molecule has 0 bridgehead atoms. The van der Waals surface area contributed by atoms with E-state index in [0.717, 1.165) is 34.8 Å². The third-order valence-electron chi connectivity index (χ3n) is 3.62. The van der Waals surface area contributed by atoms with Crippen LogP contribution in [0.5, 0.6) is 0 Å². The Labute approximate surface area is 117 Å². The van der Waals surface area contributed by atoms with Gasteiger partial charge in [0.05, 0.1) is 22.8 Å². The Balaban J connectivity index is 2.26. The van der Waals surface area contributed by atoms with E-state index in [4.69, 9.17) is 10.5 Å². The van der Waals surface area contributed by atoms with E-state index in [9.17, 15) is 0 Å². The highest BCUT2D eigenvalue weighted by Crippen LogP contribution is 2.39. The zero-order valence-electron chi connectivity index (χ0n) is 11.1. The van der Waals surface area contributed by atoms with Gasteiger partial charge in [0.2, 0.25) is 0 Å². The molecule has 0 unspecified atom stereocenters. The Morgan fingerprint density at radius 3 is 2.75 bits per heavy atom. The standard InChI is InChI=1S/C16H12N4/c1-20-14-7-3-2-6-13(14)19-16-12(11(9-17)10-18)5-4-8-15(16)20/h2-3,6-8H,4-5H2,1H3. The SMILES string of the molecule is CN1C2=CCCC(=C(C#N)C#N)C2=Nc2ccccc21. The molecule has 0 saturated heterocycles. The molecule has 0 N–H and O–H groups in total. The molecule has 96 valence electrons. The van der Waals surface area contributed by atoms with Gasteiger partial charge in [-0.1, -0.05) is 18.2 Å². The second-order valence-electron chi connectivity index (χ2n) is 4.71. The quantitative estimate of drug-likeness (QED) is 0.673. The molecule has 3 rings (SSSR count). The minimum atomic E-state index is 0.169. The summed E-state index contributed by atoms with van der Waals surface area (Å²) in [5, 5.41) is 18.2. The van der Waals surface area contributed by atoms with Crippen LogP contribution >= 0.6 is 0 Å². The van der Waals surface area contributed by atoms with E-state index in [0.29, 0.717) is 6.42 Å². The monoisotopic (exact) mass is 260 g/mol. The van der Waals surface area contributed by atoms with Crippen molar-refractivity contribution in [3.63, 3.8) is 0 Å². The number of hydrogen-bond donors (Lipinski definition) is 0. The van der Waals surface area contributed by atoms with Crippen LogP contribution in [0, 0.1) is 22.7 Å². The first-order chi connectivity index (χ1) is 9.76. The average Bonchev–Trinajstić information content (AvgIpc) is 2.49. The molecule has 1 aromatic carbocycles. The van der Waals surface area contributed by atoms with Crippen LogP contribution in [0.1, 0.15) is 12.8 Å². The van der Waals surface area contributed by atoms with Gasteiger partial charge in [0.1, 0.15) is 17.7 Å². The number of anilines is 1. The molecule has 0 amide bonds. The normalized spacial score (nSPS) is 16.1. The maximum absolute atomic E-state index is 9.11. The van der Waals surface area contributed by atoms with Crippen molar-refractivity contribution >= 4 is 17.1 Å². The van der Waals surface area contributed by atoms with Crippen molar-refractivity contribution in [2.45, 2.75) is 12.8 Å². The third-order valence-corrected chi connectivity index (χ3v) is 3.62. The number of allylic oxidation sites excluding steroid dienone is 3. The lowest BCUT2D eigenvalue weighted by atomic mass is 9.90. The van der Waals surface area contributed by atoms with Crippen LogP contribution in [0.25, 0.3) is 0 Å². The van der Waals surface area contributed by atoms with Gasteiger partial charge in [-0.2, -0.15) is 10.5 Å². The minimum absolute atomic E-state index is 0.169. The van der Waals surface area contributed by atoms with Gasteiger partial charge in [-0.05, 0) is 25.0 Å². The summed E-state index contributed by atoms with van der Waals surface area (Å²) in [5.41, 5.74) is 4.58. The molecule has 1 aliphatic carbocycles. The van der Waals surface area contributed by atoms with Crippen LogP contribution in [0.4, 0.5) is 11.4 Å². The highest BCUT2D eigenvalue weighted by molar-refractivity contribution is 6.19. The number of benzene rings is 1. The molecule has 2 aliphatic rings. The average molecular weight is 260 g/mol. The van der Waals surface area contributed by atoms with E-state index < -0.39 is 0 Å². The van der Waals surface area contributed by atoms with Crippen molar-refractivity contribution in [1.82, 2.24) is 0 Å².